The van der Waals surface area contributed by atoms with Crippen LogP contribution in [-0.2, 0) is 0 Å². The maximum Gasteiger partial charge on any atom is 0.166 e. The van der Waals surface area contributed by atoms with Gasteiger partial charge in [0.15, 0.2) is 34.9 Å². The number of hydrogen-bond acceptors (Lipinski definition) is 7. The number of benzene rings is 7. The third-order valence-corrected chi connectivity index (χ3v) is 10.8. The average molecular weight is 723 g/mol. The summed E-state index contributed by atoms with van der Waals surface area (Å²) in [5.74, 6) is 3.75. The summed E-state index contributed by atoms with van der Waals surface area (Å²) in [5.41, 5.74) is 7.65. The highest BCUT2D eigenvalue weighted by Crippen LogP contribution is 2.44. The van der Waals surface area contributed by atoms with Crippen molar-refractivity contribution in [3.05, 3.63) is 182 Å². The van der Waals surface area contributed by atoms with Crippen LogP contribution in [0.5, 0.6) is 0 Å². The van der Waals surface area contributed by atoms with Crippen molar-refractivity contribution in [3.63, 3.8) is 0 Å². The second-order valence-corrected chi connectivity index (χ2v) is 14.2. The molecule has 3 aromatic heterocycles. The number of fused-ring (bicyclic) bond motifs is 3. The van der Waals surface area contributed by atoms with Crippen LogP contribution in [0, 0.1) is 0 Å². The Morgan fingerprint density at radius 3 is 1.09 bits per heavy atom. The summed E-state index contributed by atoms with van der Waals surface area (Å²) in [6, 6.07) is 61.7. The molecule has 7 aromatic carbocycles. The molecule has 0 radical (unpaired) electrons. The molecule has 0 aliphatic rings. The summed E-state index contributed by atoms with van der Waals surface area (Å²) in [7, 11) is 0. The zero-order valence-electron chi connectivity index (χ0n) is 29.4. The van der Waals surface area contributed by atoms with E-state index in [1.807, 2.05) is 121 Å². The zero-order chi connectivity index (χ0) is 36.6. The molecule has 0 aliphatic heterocycles. The third-order valence-electron chi connectivity index (χ3n) is 9.62. The molecule has 258 valence electrons. The van der Waals surface area contributed by atoms with Crippen LogP contribution in [0.1, 0.15) is 0 Å². The number of thiophene rings is 1. The summed E-state index contributed by atoms with van der Waals surface area (Å²) in [5, 5.41) is 2.38. The Kier molecular flexibility index (Phi) is 8.24. The largest absolute Gasteiger partial charge is 0.208 e. The van der Waals surface area contributed by atoms with Gasteiger partial charge in [0, 0.05) is 53.6 Å². The summed E-state index contributed by atoms with van der Waals surface area (Å²) in [6.07, 6.45) is 0. The van der Waals surface area contributed by atoms with Crippen LogP contribution >= 0.6 is 11.3 Å². The van der Waals surface area contributed by atoms with Gasteiger partial charge in [-0.1, -0.05) is 176 Å². The summed E-state index contributed by atoms with van der Waals surface area (Å²) < 4.78 is 2.34. The van der Waals surface area contributed by atoms with E-state index in [9.17, 15) is 0 Å². The first kappa shape index (κ1) is 32.4. The van der Waals surface area contributed by atoms with E-state index in [-0.39, 0.29) is 0 Å². The predicted molar refractivity (Wildman–Crippen MR) is 224 cm³/mol. The zero-order valence-corrected chi connectivity index (χ0v) is 30.2. The Bertz CT molecular complexity index is 2840. The molecule has 0 bridgehead atoms. The lowest BCUT2D eigenvalue weighted by atomic mass is 9.95. The quantitative estimate of drug-likeness (QED) is 0.163. The highest BCUT2D eigenvalue weighted by atomic mass is 32.1. The predicted octanol–water partition coefficient (Wildman–Crippen LogP) is 12.1. The fourth-order valence-electron chi connectivity index (χ4n) is 6.91. The van der Waals surface area contributed by atoms with Gasteiger partial charge < -0.3 is 0 Å². The Morgan fingerprint density at radius 1 is 0.273 bits per heavy atom. The van der Waals surface area contributed by atoms with Crippen LogP contribution in [0.15, 0.2) is 182 Å². The van der Waals surface area contributed by atoms with E-state index >= 15 is 0 Å². The number of nitrogens with zero attached hydrogens (tertiary/aromatic N) is 6. The first-order chi connectivity index (χ1) is 27.2. The molecule has 0 atom stereocenters. The Hall–Kier alpha value is -7.22. The highest BCUT2D eigenvalue weighted by molar-refractivity contribution is 7.26. The minimum absolute atomic E-state index is 0.608. The van der Waals surface area contributed by atoms with Crippen molar-refractivity contribution in [1.82, 2.24) is 29.9 Å². The highest BCUT2D eigenvalue weighted by Gasteiger charge is 2.21. The maximum atomic E-state index is 5.21. The number of rotatable bonds is 7. The molecular weight excluding hydrogens is 693 g/mol. The molecule has 0 saturated heterocycles. The van der Waals surface area contributed by atoms with E-state index in [0.29, 0.717) is 34.9 Å². The van der Waals surface area contributed by atoms with E-state index in [1.165, 1.54) is 15.5 Å². The van der Waals surface area contributed by atoms with E-state index in [4.69, 9.17) is 29.9 Å². The molecule has 0 saturated carbocycles. The van der Waals surface area contributed by atoms with Gasteiger partial charge in [-0.2, -0.15) is 0 Å². The second kappa shape index (κ2) is 14.0. The van der Waals surface area contributed by atoms with Gasteiger partial charge >= 0.3 is 0 Å². The van der Waals surface area contributed by atoms with Crippen molar-refractivity contribution in [2.45, 2.75) is 0 Å². The van der Waals surface area contributed by atoms with E-state index in [1.54, 1.807) is 11.3 Å². The molecule has 10 rings (SSSR count). The first-order valence-electron chi connectivity index (χ1n) is 18.0. The van der Waals surface area contributed by atoms with E-state index in [2.05, 4.69) is 60.7 Å². The van der Waals surface area contributed by atoms with Crippen LogP contribution in [0.3, 0.4) is 0 Å². The van der Waals surface area contributed by atoms with Gasteiger partial charge in [-0.25, -0.2) is 29.9 Å². The molecule has 55 heavy (non-hydrogen) atoms. The standard InChI is InChI=1S/C48H30N6S/c1-5-15-32(16-6-1)43-49-44(33-17-7-2-8-18-33)51-47(50-43)36-27-25-31(26-28-36)37-29-30-39-38-23-13-14-24-40(38)55-42(39)41(37)48-53-45(34-19-9-3-10-20-34)52-46(54-48)35-21-11-4-12-22-35/h1-30H. The third kappa shape index (κ3) is 6.22. The van der Waals surface area contributed by atoms with Crippen LogP contribution in [-0.4, -0.2) is 29.9 Å². The van der Waals surface area contributed by atoms with Crippen LogP contribution < -0.4 is 0 Å². The molecule has 0 fully saturated rings. The van der Waals surface area contributed by atoms with Crippen LogP contribution in [0.4, 0.5) is 0 Å². The van der Waals surface area contributed by atoms with Crippen molar-refractivity contribution >= 4 is 31.5 Å². The molecule has 6 nitrogen and oxygen atoms in total. The SMILES string of the molecule is c1ccc(-c2nc(-c3ccccc3)nc(-c3ccc(-c4ccc5c(sc6ccccc65)c4-c4nc(-c5ccccc5)nc(-c5ccccc5)n4)cc3)n2)cc1. The number of aromatic nitrogens is 6. The molecular formula is C48H30N6S. The Labute approximate surface area is 321 Å². The van der Waals surface area contributed by atoms with Gasteiger partial charge in [0.05, 0.1) is 0 Å². The Morgan fingerprint density at radius 2 is 0.636 bits per heavy atom. The topological polar surface area (TPSA) is 77.3 Å². The van der Waals surface area contributed by atoms with Gasteiger partial charge in [-0.3, -0.25) is 0 Å². The molecule has 7 heteroatoms. The molecule has 3 heterocycles. The molecule has 0 spiro atoms. The van der Waals surface area contributed by atoms with Gasteiger partial charge in [0.25, 0.3) is 0 Å². The fraction of sp³-hybridized carbons (Fsp3) is 0. The summed E-state index contributed by atoms with van der Waals surface area (Å²) in [6.45, 7) is 0. The van der Waals surface area contributed by atoms with E-state index in [0.717, 1.165) is 49.2 Å². The van der Waals surface area contributed by atoms with Gasteiger partial charge in [0.2, 0.25) is 0 Å². The molecule has 0 unspecified atom stereocenters. The van der Waals surface area contributed by atoms with Gasteiger partial charge in [0.1, 0.15) is 0 Å². The first-order valence-corrected chi connectivity index (χ1v) is 18.9. The molecule has 0 amide bonds. The van der Waals surface area contributed by atoms with Crippen molar-refractivity contribution in [2.24, 2.45) is 0 Å². The lowest BCUT2D eigenvalue weighted by Crippen LogP contribution is -2.01. The lowest BCUT2D eigenvalue weighted by Gasteiger charge is -2.14. The second-order valence-electron chi connectivity index (χ2n) is 13.1. The lowest BCUT2D eigenvalue weighted by molar-refractivity contribution is 1.07. The van der Waals surface area contributed by atoms with Crippen molar-refractivity contribution in [1.29, 1.82) is 0 Å². The van der Waals surface area contributed by atoms with Crippen LogP contribution in [0.2, 0.25) is 0 Å². The minimum Gasteiger partial charge on any atom is -0.208 e. The molecule has 0 aliphatic carbocycles. The van der Waals surface area contributed by atoms with Crippen molar-refractivity contribution in [2.75, 3.05) is 0 Å². The van der Waals surface area contributed by atoms with Crippen LogP contribution in [0.25, 0.3) is 99.6 Å². The normalized spacial score (nSPS) is 11.3. The maximum absolute atomic E-state index is 5.21. The fourth-order valence-corrected chi connectivity index (χ4v) is 8.15. The molecule has 0 N–H and O–H groups in total. The van der Waals surface area contributed by atoms with E-state index < -0.39 is 0 Å². The van der Waals surface area contributed by atoms with Crippen molar-refractivity contribution in [3.8, 4) is 79.5 Å². The van der Waals surface area contributed by atoms with Gasteiger partial charge in [-0.15, -0.1) is 11.3 Å². The molecule has 10 aromatic rings. The monoisotopic (exact) mass is 722 g/mol. The average Bonchev–Trinajstić information content (AvgIpc) is 3.66. The Balaban J connectivity index is 1.16. The minimum atomic E-state index is 0.608. The summed E-state index contributed by atoms with van der Waals surface area (Å²) in [4.78, 5) is 30.2. The smallest absolute Gasteiger partial charge is 0.166 e. The summed E-state index contributed by atoms with van der Waals surface area (Å²) >= 11 is 1.77. The van der Waals surface area contributed by atoms with Gasteiger partial charge in [-0.05, 0) is 17.2 Å². The number of hydrogen-bond donors (Lipinski definition) is 0. The van der Waals surface area contributed by atoms with Crippen molar-refractivity contribution < 1.29 is 0 Å².